The number of carbonyl (C=O) groups is 3. The van der Waals surface area contributed by atoms with Crippen molar-refractivity contribution in [2.75, 3.05) is 18.4 Å². The molecule has 1 atom stereocenters. The molecule has 11 heteroatoms. The minimum Gasteiger partial charge on any atom is -0.481 e. The van der Waals surface area contributed by atoms with Crippen LogP contribution >= 0.6 is 11.6 Å². The van der Waals surface area contributed by atoms with Crippen LogP contribution in [0.15, 0.2) is 42.6 Å². The van der Waals surface area contributed by atoms with Gasteiger partial charge in [0.1, 0.15) is 5.82 Å². The van der Waals surface area contributed by atoms with Crippen LogP contribution in [0.1, 0.15) is 86.6 Å². The van der Waals surface area contributed by atoms with Gasteiger partial charge in [-0.2, -0.15) is 0 Å². The van der Waals surface area contributed by atoms with Gasteiger partial charge in [-0.15, -0.1) is 0 Å². The number of Topliss-reactive ketones (excluding diaryl/α,β-unsaturated/α-hetero) is 1. The van der Waals surface area contributed by atoms with Gasteiger partial charge in [0.25, 0.3) is 11.8 Å². The molecule has 1 saturated heterocycles. The summed E-state index contributed by atoms with van der Waals surface area (Å²) in [6, 6.07) is 10.0. The van der Waals surface area contributed by atoms with Gasteiger partial charge in [0, 0.05) is 43.7 Å². The number of hydrogen-bond donors (Lipinski definition) is 2. The number of rotatable bonds is 11. The van der Waals surface area contributed by atoms with Gasteiger partial charge in [0.2, 0.25) is 5.78 Å². The Kier molecular flexibility index (Phi) is 10.3. The summed E-state index contributed by atoms with van der Waals surface area (Å²) in [6.45, 7) is 1.20. The van der Waals surface area contributed by atoms with Crippen LogP contribution in [0.3, 0.4) is 0 Å². The number of aryl methyl sites for hydroxylation is 1. The molecule has 2 saturated carbocycles. The summed E-state index contributed by atoms with van der Waals surface area (Å²) in [5.74, 6) is -4.46. The molecular weight excluding hydrogens is 625 g/mol. The third-order valence-electron chi connectivity index (χ3n) is 9.98. The molecule has 0 spiro atoms. The molecule has 252 valence electrons. The van der Waals surface area contributed by atoms with Gasteiger partial charge in [-0.05, 0) is 75.1 Å². The standard InChI is InChI=1S/C36H43ClFN3O6/c1-40-22-28(27-11-5-6-12-32(27)40)34(43)39-31-21-30(38)24(19-29(31)37)20-33(42)36(41-17-7-8-18-41,46-25-9-3-2-4-10-25)47-26-15-13-23(14-16-26)35(44)45/h5-6,11-12,19,21-23,25-26H,2-4,7-10,13-18,20H2,1H3,(H,39,43)(H,44,45)/t23-,26-,36?. The van der Waals surface area contributed by atoms with Crippen molar-refractivity contribution in [2.24, 2.45) is 13.0 Å². The normalized spacial score (nSPS) is 22.3. The maximum absolute atomic E-state index is 15.8. The number of fused-ring (bicyclic) bond motifs is 1. The number of amides is 1. The van der Waals surface area contributed by atoms with E-state index in [2.05, 4.69) is 5.32 Å². The number of ether oxygens (including phenoxy) is 2. The Morgan fingerprint density at radius 1 is 0.957 bits per heavy atom. The molecule has 6 rings (SSSR count). The summed E-state index contributed by atoms with van der Waals surface area (Å²) in [4.78, 5) is 41.3. The summed E-state index contributed by atoms with van der Waals surface area (Å²) in [7, 11) is 1.85. The second-order valence-electron chi connectivity index (χ2n) is 13.2. The Labute approximate surface area is 279 Å². The molecule has 1 aromatic heterocycles. The molecular formula is C36H43ClFN3O6. The van der Waals surface area contributed by atoms with Gasteiger partial charge in [-0.1, -0.05) is 49.1 Å². The molecule has 2 aromatic carbocycles. The Balaban J connectivity index is 1.25. The number of benzene rings is 2. The van der Waals surface area contributed by atoms with E-state index in [9.17, 15) is 19.5 Å². The number of halogens is 2. The fourth-order valence-corrected chi connectivity index (χ4v) is 7.61. The van der Waals surface area contributed by atoms with Crippen molar-refractivity contribution in [1.29, 1.82) is 0 Å². The Hall–Kier alpha value is -3.31. The average molecular weight is 668 g/mol. The number of para-hydroxylation sites is 1. The molecule has 3 fully saturated rings. The predicted molar refractivity (Wildman–Crippen MR) is 177 cm³/mol. The van der Waals surface area contributed by atoms with Crippen molar-refractivity contribution in [3.63, 3.8) is 0 Å². The summed E-state index contributed by atoms with van der Waals surface area (Å²) >= 11 is 6.61. The van der Waals surface area contributed by atoms with Crippen molar-refractivity contribution in [2.45, 2.75) is 95.2 Å². The van der Waals surface area contributed by atoms with E-state index in [1.54, 1.807) is 6.20 Å². The topological polar surface area (TPSA) is 110 Å². The van der Waals surface area contributed by atoms with Crippen LogP contribution in [-0.4, -0.2) is 63.4 Å². The molecule has 47 heavy (non-hydrogen) atoms. The zero-order valence-electron chi connectivity index (χ0n) is 26.8. The van der Waals surface area contributed by atoms with E-state index < -0.39 is 35.3 Å². The lowest BCUT2D eigenvalue weighted by molar-refractivity contribution is -0.328. The molecule has 1 amide bonds. The lowest BCUT2D eigenvalue weighted by Crippen LogP contribution is -2.61. The van der Waals surface area contributed by atoms with E-state index in [-0.39, 0.29) is 34.9 Å². The molecule has 0 bridgehead atoms. The summed E-state index contributed by atoms with van der Waals surface area (Å²) in [6.07, 6.45) is 9.25. The molecule has 2 heterocycles. The van der Waals surface area contributed by atoms with Crippen molar-refractivity contribution in [3.8, 4) is 0 Å². The molecule has 0 radical (unpaired) electrons. The van der Waals surface area contributed by atoms with Gasteiger partial charge in [-0.25, -0.2) is 9.29 Å². The number of aliphatic carboxylic acids is 1. The number of ketones is 1. The van der Waals surface area contributed by atoms with Crippen molar-refractivity contribution >= 4 is 45.9 Å². The second kappa shape index (κ2) is 14.4. The van der Waals surface area contributed by atoms with E-state index in [1.807, 2.05) is 40.8 Å². The van der Waals surface area contributed by atoms with Crippen LogP contribution in [0, 0.1) is 11.7 Å². The minimum atomic E-state index is -1.71. The van der Waals surface area contributed by atoms with Gasteiger partial charge < -0.3 is 24.5 Å². The van der Waals surface area contributed by atoms with Crippen LogP contribution < -0.4 is 5.32 Å². The number of nitrogens with zero attached hydrogens (tertiary/aromatic N) is 2. The van der Waals surface area contributed by atoms with Crippen molar-refractivity contribution in [1.82, 2.24) is 9.47 Å². The number of anilines is 1. The lowest BCUT2D eigenvalue weighted by atomic mass is 9.87. The highest BCUT2D eigenvalue weighted by molar-refractivity contribution is 6.34. The Morgan fingerprint density at radius 2 is 1.62 bits per heavy atom. The molecule has 1 aliphatic heterocycles. The van der Waals surface area contributed by atoms with Gasteiger partial charge in [-0.3, -0.25) is 14.4 Å². The largest absolute Gasteiger partial charge is 0.481 e. The molecule has 3 aromatic rings. The number of nitrogens with one attached hydrogen (secondary N) is 1. The first-order valence-electron chi connectivity index (χ1n) is 16.8. The molecule has 2 aliphatic carbocycles. The highest BCUT2D eigenvalue weighted by Gasteiger charge is 2.51. The van der Waals surface area contributed by atoms with Gasteiger partial charge >= 0.3 is 5.97 Å². The fraction of sp³-hybridized carbons (Fsp3) is 0.528. The van der Waals surface area contributed by atoms with Crippen molar-refractivity contribution in [3.05, 3.63) is 64.6 Å². The maximum atomic E-state index is 15.8. The zero-order chi connectivity index (χ0) is 33.1. The van der Waals surface area contributed by atoms with Gasteiger partial charge in [0.15, 0.2) is 0 Å². The summed E-state index contributed by atoms with van der Waals surface area (Å²) < 4.78 is 31.1. The molecule has 3 aliphatic rings. The second-order valence-corrected chi connectivity index (χ2v) is 13.6. The lowest BCUT2D eigenvalue weighted by Gasteiger charge is -2.45. The SMILES string of the molecule is Cn1cc(C(=O)Nc2cc(F)c(CC(=O)C(OC3CCCCC3)(O[C@H]3CC[C@H](C(=O)O)CC3)N3CCCC3)cc2Cl)c2ccccc21. The van der Waals surface area contributed by atoms with Crippen LogP contribution in [0.2, 0.25) is 5.02 Å². The Bertz CT molecular complexity index is 1620. The number of aromatic nitrogens is 1. The first-order chi connectivity index (χ1) is 22.6. The van der Waals surface area contributed by atoms with E-state index >= 15 is 4.39 Å². The number of carbonyl (C=O) groups excluding carboxylic acids is 2. The van der Waals surface area contributed by atoms with Crippen LogP contribution in [-0.2, 0) is 32.5 Å². The van der Waals surface area contributed by atoms with E-state index in [0.717, 1.165) is 61.9 Å². The fourth-order valence-electron chi connectivity index (χ4n) is 7.37. The average Bonchev–Trinajstić information content (AvgIpc) is 3.73. The van der Waals surface area contributed by atoms with Gasteiger partial charge in [0.05, 0.1) is 34.4 Å². The third kappa shape index (κ3) is 7.26. The Morgan fingerprint density at radius 3 is 2.30 bits per heavy atom. The smallest absolute Gasteiger partial charge is 0.306 e. The summed E-state index contributed by atoms with van der Waals surface area (Å²) in [5, 5.41) is 13.1. The number of carboxylic acids is 1. The van der Waals surface area contributed by atoms with Crippen molar-refractivity contribution < 1.29 is 33.4 Å². The van der Waals surface area contributed by atoms with Crippen LogP contribution in [0.4, 0.5) is 10.1 Å². The number of likely N-dealkylation sites (tertiary alicyclic amines) is 1. The molecule has 9 nitrogen and oxygen atoms in total. The number of carboxylic acid groups (broad SMARTS) is 1. The van der Waals surface area contributed by atoms with E-state index in [0.29, 0.717) is 44.3 Å². The van der Waals surface area contributed by atoms with E-state index in [4.69, 9.17) is 21.1 Å². The third-order valence-corrected chi connectivity index (χ3v) is 10.3. The van der Waals surface area contributed by atoms with E-state index in [1.165, 1.54) is 6.07 Å². The van der Waals surface area contributed by atoms with Crippen LogP contribution in [0.5, 0.6) is 0 Å². The first kappa shape index (κ1) is 33.6. The minimum absolute atomic E-state index is 0.0807. The summed E-state index contributed by atoms with van der Waals surface area (Å²) in [5.41, 5.74) is 1.51. The quantitative estimate of drug-likeness (QED) is 0.210. The molecule has 1 unspecified atom stereocenters. The van der Waals surface area contributed by atoms with Crippen LogP contribution in [0.25, 0.3) is 10.9 Å². The molecule has 2 N–H and O–H groups in total. The highest BCUT2D eigenvalue weighted by atomic mass is 35.5. The predicted octanol–water partition coefficient (Wildman–Crippen LogP) is 7.09. The maximum Gasteiger partial charge on any atom is 0.306 e. The number of hydrogen-bond acceptors (Lipinski definition) is 6. The highest BCUT2D eigenvalue weighted by Crippen LogP contribution is 2.38. The first-order valence-corrected chi connectivity index (χ1v) is 17.2. The zero-order valence-corrected chi connectivity index (χ0v) is 27.6. The monoisotopic (exact) mass is 667 g/mol.